The van der Waals surface area contributed by atoms with Crippen LogP contribution in [0.5, 0.6) is 5.75 Å². The molecule has 158 valence electrons. The predicted octanol–water partition coefficient (Wildman–Crippen LogP) is 4.36. The molecule has 1 atom stereocenters. The Morgan fingerprint density at radius 1 is 1.10 bits per heavy atom. The third-order valence-electron chi connectivity index (χ3n) is 5.22. The Kier molecular flexibility index (Phi) is 5.33. The van der Waals surface area contributed by atoms with Gasteiger partial charge in [0.05, 0.1) is 19.2 Å². The highest BCUT2D eigenvalue weighted by Crippen LogP contribution is 2.41. The highest BCUT2D eigenvalue weighted by molar-refractivity contribution is 6.46. The number of amides is 1. The number of furan rings is 1. The Labute approximate surface area is 178 Å². The average molecular weight is 421 g/mol. The zero-order valence-electron chi connectivity index (χ0n) is 17.0. The normalized spacial score (nSPS) is 17.9. The van der Waals surface area contributed by atoms with Crippen molar-refractivity contribution in [3.8, 4) is 5.75 Å². The van der Waals surface area contributed by atoms with Crippen LogP contribution >= 0.6 is 0 Å². The van der Waals surface area contributed by atoms with Crippen molar-refractivity contribution in [1.29, 1.82) is 0 Å². The zero-order chi connectivity index (χ0) is 22.1. The second-order valence-electron chi connectivity index (χ2n) is 7.19. The Morgan fingerprint density at radius 2 is 1.81 bits per heavy atom. The fourth-order valence-corrected chi connectivity index (χ4v) is 3.72. The molecule has 0 saturated carbocycles. The number of methoxy groups -OCH3 is 1. The summed E-state index contributed by atoms with van der Waals surface area (Å²) in [5, 5.41) is 10.9. The molecule has 1 saturated heterocycles. The lowest BCUT2D eigenvalue weighted by atomic mass is 9.99. The van der Waals surface area contributed by atoms with Gasteiger partial charge in [-0.05, 0) is 49.4 Å². The summed E-state index contributed by atoms with van der Waals surface area (Å²) in [6.07, 6.45) is 0. The van der Waals surface area contributed by atoms with Crippen LogP contribution in [0.15, 0.2) is 70.7 Å². The molecule has 4 rings (SSSR count). The van der Waals surface area contributed by atoms with Crippen LogP contribution in [-0.2, 0) is 16.1 Å². The molecule has 6 nitrogen and oxygen atoms in total. The molecule has 1 fully saturated rings. The lowest BCUT2D eigenvalue weighted by molar-refractivity contribution is -0.140. The molecule has 1 amide bonds. The summed E-state index contributed by atoms with van der Waals surface area (Å²) in [4.78, 5) is 27.3. The number of rotatable bonds is 5. The van der Waals surface area contributed by atoms with E-state index in [-0.39, 0.29) is 23.4 Å². The Hall–Kier alpha value is -3.87. The first-order valence-electron chi connectivity index (χ1n) is 9.63. The molecule has 1 aliphatic heterocycles. The van der Waals surface area contributed by atoms with Gasteiger partial charge in [0.25, 0.3) is 11.7 Å². The van der Waals surface area contributed by atoms with Crippen molar-refractivity contribution in [2.75, 3.05) is 7.11 Å². The van der Waals surface area contributed by atoms with E-state index in [4.69, 9.17) is 9.15 Å². The molecule has 1 aliphatic rings. The van der Waals surface area contributed by atoms with E-state index in [0.29, 0.717) is 22.8 Å². The van der Waals surface area contributed by atoms with Crippen LogP contribution in [0, 0.1) is 12.7 Å². The fraction of sp³-hybridized carbons (Fsp3) is 0.167. The summed E-state index contributed by atoms with van der Waals surface area (Å²) in [6, 6.07) is 14.7. The summed E-state index contributed by atoms with van der Waals surface area (Å²) in [6.45, 7) is 1.81. The summed E-state index contributed by atoms with van der Waals surface area (Å²) in [7, 11) is 1.52. The van der Waals surface area contributed by atoms with Gasteiger partial charge in [-0.1, -0.05) is 18.2 Å². The molecule has 2 aromatic carbocycles. The van der Waals surface area contributed by atoms with Crippen molar-refractivity contribution >= 4 is 17.4 Å². The minimum Gasteiger partial charge on any atom is -0.507 e. The minimum absolute atomic E-state index is 0.0686. The number of aliphatic hydroxyl groups is 1. The molecule has 1 aromatic heterocycles. The van der Waals surface area contributed by atoms with Crippen LogP contribution in [0.1, 0.15) is 28.7 Å². The Bertz CT molecular complexity index is 1180. The van der Waals surface area contributed by atoms with Crippen molar-refractivity contribution in [1.82, 2.24) is 4.90 Å². The molecule has 0 aliphatic carbocycles. The number of carbonyl (C=O) groups is 2. The summed E-state index contributed by atoms with van der Waals surface area (Å²) in [5.74, 6) is -0.969. The number of para-hydroxylation sites is 1. The number of halogens is 1. The van der Waals surface area contributed by atoms with E-state index in [1.54, 1.807) is 43.3 Å². The summed E-state index contributed by atoms with van der Waals surface area (Å²) < 4.78 is 24.4. The number of ether oxygens (including phenoxy) is 1. The number of aliphatic hydroxyl groups excluding tert-OH is 1. The number of carbonyl (C=O) groups excluding carboxylic acids is 2. The van der Waals surface area contributed by atoms with E-state index in [9.17, 15) is 19.1 Å². The highest BCUT2D eigenvalue weighted by Gasteiger charge is 2.47. The van der Waals surface area contributed by atoms with E-state index >= 15 is 0 Å². The van der Waals surface area contributed by atoms with Crippen LogP contribution < -0.4 is 4.74 Å². The third-order valence-corrected chi connectivity index (χ3v) is 5.22. The largest absolute Gasteiger partial charge is 0.507 e. The molecule has 3 aromatic rings. The number of benzene rings is 2. The van der Waals surface area contributed by atoms with Crippen LogP contribution in [0.4, 0.5) is 4.39 Å². The smallest absolute Gasteiger partial charge is 0.296 e. The van der Waals surface area contributed by atoms with Gasteiger partial charge in [0.2, 0.25) is 0 Å². The minimum atomic E-state index is -0.941. The number of hydrogen-bond donors (Lipinski definition) is 1. The molecule has 0 bridgehead atoms. The predicted molar refractivity (Wildman–Crippen MR) is 111 cm³/mol. The van der Waals surface area contributed by atoms with Gasteiger partial charge in [-0.15, -0.1) is 0 Å². The molecular formula is C24H20FNO5. The fourth-order valence-electron chi connectivity index (χ4n) is 3.72. The van der Waals surface area contributed by atoms with E-state index in [1.165, 1.54) is 36.3 Å². The van der Waals surface area contributed by atoms with Crippen LogP contribution in [0.3, 0.4) is 0 Å². The van der Waals surface area contributed by atoms with Gasteiger partial charge in [-0.3, -0.25) is 9.59 Å². The van der Waals surface area contributed by atoms with Crippen LogP contribution in [0.25, 0.3) is 5.76 Å². The maximum absolute atomic E-state index is 13.3. The summed E-state index contributed by atoms with van der Waals surface area (Å²) >= 11 is 0. The lowest BCUT2D eigenvalue weighted by Gasteiger charge is -2.24. The molecular weight excluding hydrogens is 401 g/mol. The number of nitrogens with zero attached hydrogens (tertiary/aromatic N) is 1. The molecule has 7 heteroatoms. The quantitative estimate of drug-likeness (QED) is 0.376. The number of hydrogen-bond acceptors (Lipinski definition) is 5. The molecule has 0 spiro atoms. The number of likely N-dealkylation sites (tertiary alicyclic amines) is 1. The molecule has 1 N–H and O–H groups in total. The van der Waals surface area contributed by atoms with Crippen molar-refractivity contribution < 1.29 is 28.2 Å². The van der Waals surface area contributed by atoms with Gasteiger partial charge in [-0.2, -0.15) is 0 Å². The van der Waals surface area contributed by atoms with Gasteiger partial charge in [0.15, 0.2) is 0 Å². The molecule has 31 heavy (non-hydrogen) atoms. The molecule has 2 heterocycles. The number of Topliss-reactive ketones (excluding diaryl/α,β-unsaturated/α-hetero) is 1. The van der Waals surface area contributed by atoms with Gasteiger partial charge >= 0.3 is 0 Å². The first-order chi connectivity index (χ1) is 14.9. The van der Waals surface area contributed by atoms with E-state index < -0.39 is 23.5 Å². The number of ketones is 1. The first kappa shape index (κ1) is 20.4. The highest BCUT2D eigenvalue weighted by atomic mass is 19.1. The van der Waals surface area contributed by atoms with Crippen molar-refractivity contribution in [3.05, 3.63) is 94.7 Å². The Morgan fingerprint density at radius 3 is 2.45 bits per heavy atom. The maximum Gasteiger partial charge on any atom is 0.296 e. The van der Waals surface area contributed by atoms with E-state index in [2.05, 4.69) is 0 Å². The van der Waals surface area contributed by atoms with E-state index in [1.807, 2.05) is 0 Å². The third kappa shape index (κ3) is 3.70. The topological polar surface area (TPSA) is 80.0 Å². The zero-order valence-corrected chi connectivity index (χ0v) is 17.0. The van der Waals surface area contributed by atoms with Crippen molar-refractivity contribution in [2.45, 2.75) is 19.5 Å². The van der Waals surface area contributed by atoms with Gasteiger partial charge in [-0.25, -0.2) is 4.39 Å². The molecule has 1 unspecified atom stereocenters. The van der Waals surface area contributed by atoms with Gasteiger partial charge in [0.1, 0.15) is 34.9 Å². The first-order valence-corrected chi connectivity index (χ1v) is 9.63. The monoisotopic (exact) mass is 421 g/mol. The lowest BCUT2D eigenvalue weighted by Crippen LogP contribution is -2.29. The Balaban J connectivity index is 1.85. The van der Waals surface area contributed by atoms with Gasteiger partial charge < -0.3 is 19.2 Å². The average Bonchev–Trinajstić information content (AvgIpc) is 3.30. The summed E-state index contributed by atoms with van der Waals surface area (Å²) in [5.41, 5.74) is 0.813. The van der Waals surface area contributed by atoms with Crippen LogP contribution in [0.2, 0.25) is 0 Å². The number of aryl methyl sites for hydroxylation is 1. The van der Waals surface area contributed by atoms with Crippen LogP contribution in [-0.4, -0.2) is 28.8 Å². The van der Waals surface area contributed by atoms with Gasteiger partial charge in [0, 0.05) is 11.1 Å². The van der Waals surface area contributed by atoms with Crippen molar-refractivity contribution in [3.63, 3.8) is 0 Å². The SMILES string of the molecule is COc1ccccc1CN1C(=O)C(=O)/C(=C(/O)c2ccc(F)cc2)C1c1ccc(C)o1. The van der Waals surface area contributed by atoms with E-state index in [0.717, 1.165) is 0 Å². The second kappa shape index (κ2) is 8.10. The second-order valence-corrected chi connectivity index (χ2v) is 7.19. The molecule has 0 radical (unpaired) electrons. The van der Waals surface area contributed by atoms with Crippen molar-refractivity contribution in [2.24, 2.45) is 0 Å². The standard InChI is InChI=1S/C24H20FNO5/c1-14-7-12-19(31-14)21-20(22(27)15-8-10-17(25)11-9-15)23(28)24(29)26(21)13-16-5-3-4-6-18(16)30-2/h3-12,21,27H,13H2,1-2H3/b22-20+. The maximum atomic E-state index is 13.3.